The van der Waals surface area contributed by atoms with Gasteiger partial charge in [-0.25, -0.2) is 4.98 Å². The lowest BCUT2D eigenvalue weighted by Crippen LogP contribution is -2.38. The van der Waals surface area contributed by atoms with Gasteiger partial charge in [0.2, 0.25) is 5.91 Å². The summed E-state index contributed by atoms with van der Waals surface area (Å²) in [6.45, 7) is 3.16. The Bertz CT molecular complexity index is 749. The van der Waals surface area contributed by atoms with Crippen molar-refractivity contribution in [2.45, 2.75) is 25.9 Å². The number of carbonyl (C=O) groups is 1. The Morgan fingerprint density at radius 3 is 2.31 bits per heavy atom. The number of carbonyl (C=O) groups excluding carboxylic acids is 1. The van der Waals surface area contributed by atoms with E-state index in [0.29, 0.717) is 31.7 Å². The number of amides is 1. The van der Waals surface area contributed by atoms with Crippen LogP contribution in [0.3, 0.4) is 0 Å². The van der Waals surface area contributed by atoms with Gasteiger partial charge in [-0.3, -0.25) is 4.79 Å². The molecule has 1 aromatic heterocycles. The zero-order valence-corrected chi connectivity index (χ0v) is 14.4. The normalized spacial score (nSPS) is 15.8. The second-order valence-electron chi connectivity index (χ2n) is 6.52. The molecule has 1 saturated heterocycles. The smallest absolute Gasteiger partial charge is 0.357 e. The molecule has 2 aromatic rings. The fourth-order valence-corrected chi connectivity index (χ4v) is 2.99. The highest BCUT2D eigenvalue weighted by Crippen LogP contribution is 2.30. The highest BCUT2D eigenvalue weighted by Gasteiger charge is 2.31. The summed E-state index contributed by atoms with van der Waals surface area (Å²) in [6, 6.07) is 10.0. The van der Waals surface area contributed by atoms with Gasteiger partial charge in [0.25, 0.3) is 0 Å². The molecule has 1 aliphatic heterocycles. The average Bonchev–Trinajstić information content (AvgIpc) is 2.63. The fourth-order valence-electron chi connectivity index (χ4n) is 2.99. The van der Waals surface area contributed by atoms with Crippen molar-refractivity contribution in [2.24, 2.45) is 5.92 Å². The number of nitrogens with zero attached hydrogens (tertiary/aromatic N) is 2. The molecule has 0 saturated carbocycles. The van der Waals surface area contributed by atoms with Gasteiger partial charge >= 0.3 is 6.18 Å². The summed E-state index contributed by atoms with van der Waals surface area (Å²) in [5.41, 5.74) is 1.14. The molecule has 0 spiro atoms. The van der Waals surface area contributed by atoms with Gasteiger partial charge in [0.15, 0.2) is 0 Å². The van der Waals surface area contributed by atoms with Crippen LogP contribution in [-0.4, -0.2) is 24.0 Å². The number of pyridine rings is 1. The minimum atomic E-state index is -4.38. The van der Waals surface area contributed by atoms with Crippen molar-refractivity contribution in [3.05, 3.63) is 53.7 Å². The predicted molar refractivity (Wildman–Crippen MR) is 94.0 cm³/mol. The van der Waals surface area contributed by atoms with Crippen molar-refractivity contribution in [3.8, 4) is 0 Å². The number of alkyl halides is 3. The van der Waals surface area contributed by atoms with E-state index in [1.807, 2.05) is 36.1 Å². The van der Waals surface area contributed by atoms with Crippen LogP contribution < -0.4 is 10.2 Å². The van der Waals surface area contributed by atoms with Crippen molar-refractivity contribution in [1.82, 2.24) is 4.98 Å². The summed E-state index contributed by atoms with van der Waals surface area (Å²) in [5, 5.41) is 2.92. The molecule has 26 heavy (non-hydrogen) atoms. The van der Waals surface area contributed by atoms with E-state index in [1.54, 1.807) is 0 Å². The molecule has 0 atom stereocenters. The first kappa shape index (κ1) is 18.2. The van der Waals surface area contributed by atoms with Gasteiger partial charge in [-0.05, 0) is 44.0 Å². The second-order valence-corrected chi connectivity index (χ2v) is 6.52. The molecule has 3 rings (SSSR count). The number of anilines is 2. The van der Waals surface area contributed by atoms with Gasteiger partial charge in [0.1, 0.15) is 5.82 Å². The molecule has 2 heterocycles. The van der Waals surface area contributed by atoms with E-state index in [-0.39, 0.29) is 11.8 Å². The SMILES string of the molecule is Cc1ccc(NC(=O)C2CCN(c3ccc(C(F)(F)F)cn3)CC2)cc1. The quantitative estimate of drug-likeness (QED) is 0.886. The highest BCUT2D eigenvalue weighted by atomic mass is 19.4. The number of rotatable bonds is 3. The van der Waals surface area contributed by atoms with E-state index in [0.717, 1.165) is 23.5 Å². The highest BCUT2D eigenvalue weighted by molar-refractivity contribution is 5.92. The van der Waals surface area contributed by atoms with Gasteiger partial charge in [-0.1, -0.05) is 17.7 Å². The van der Waals surface area contributed by atoms with Gasteiger partial charge < -0.3 is 10.2 Å². The maximum Gasteiger partial charge on any atom is 0.417 e. The third kappa shape index (κ3) is 4.33. The largest absolute Gasteiger partial charge is 0.417 e. The van der Waals surface area contributed by atoms with E-state index < -0.39 is 11.7 Å². The Morgan fingerprint density at radius 1 is 1.12 bits per heavy atom. The molecule has 0 unspecified atom stereocenters. The van der Waals surface area contributed by atoms with Crippen molar-refractivity contribution in [3.63, 3.8) is 0 Å². The van der Waals surface area contributed by atoms with Crippen LogP contribution in [-0.2, 0) is 11.0 Å². The standard InChI is InChI=1S/C19H20F3N3O/c1-13-2-5-16(6-3-13)24-18(26)14-8-10-25(11-9-14)17-7-4-15(12-23-17)19(20,21)22/h2-7,12,14H,8-11H2,1H3,(H,24,26). The van der Waals surface area contributed by atoms with Crippen molar-refractivity contribution in [2.75, 3.05) is 23.3 Å². The Balaban J connectivity index is 1.55. The molecule has 1 fully saturated rings. The lowest BCUT2D eigenvalue weighted by atomic mass is 9.95. The lowest BCUT2D eigenvalue weighted by molar-refractivity contribution is -0.137. The number of hydrogen-bond acceptors (Lipinski definition) is 3. The zero-order valence-electron chi connectivity index (χ0n) is 14.4. The van der Waals surface area contributed by atoms with E-state index in [1.165, 1.54) is 6.07 Å². The number of nitrogens with one attached hydrogen (secondary N) is 1. The summed E-state index contributed by atoms with van der Waals surface area (Å²) in [6.07, 6.45) is -2.25. The molecule has 0 bridgehead atoms. The van der Waals surface area contributed by atoms with E-state index >= 15 is 0 Å². The summed E-state index contributed by atoms with van der Waals surface area (Å²) in [4.78, 5) is 18.2. The molecule has 7 heteroatoms. The molecule has 1 aromatic carbocycles. The molecule has 1 N–H and O–H groups in total. The lowest BCUT2D eigenvalue weighted by Gasteiger charge is -2.32. The number of piperidine rings is 1. The van der Waals surface area contributed by atoms with E-state index in [4.69, 9.17) is 0 Å². The number of aromatic nitrogens is 1. The van der Waals surface area contributed by atoms with Crippen LogP contribution in [0.4, 0.5) is 24.7 Å². The molecular weight excluding hydrogens is 343 g/mol. The van der Waals surface area contributed by atoms with Crippen molar-refractivity contribution in [1.29, 1.82) is 0 Å². The summed E-state index contributed by atoms with van der Waals surface area (Å²) in [5.74, 6) is 0.381. The molecule has 1 aliphatic rings. The van der Waals surface area contributed by atoms with E-state index in [2.05, 4.69) is 10.3 Å². The summed E-state index contributed by atoms with van der Waals surface area (Å²) >= 11 is 0. The topological polar surface area (TPSA) is 45.2 Å². The maximum absolute atomic E-state index is 12.6. The first-order chi connectivity index (χ1) is 12.3. The Hall–Kier alpha value is -2.57. The Kier molecular flexibility index (Phi) is 5.15. The van der Waals surface area contributed by atoms with Gasteiger partial charge in [-0.2, -0.15) is 13.2 Å². The van der Waals surface area contributed by atoms with Gasteiger partial charge in [-0.15, -0.1) is 0 Å². The minimum absolute atomic E-state index is 0.0196. The Labute approximate surface area is 150 Å². The molecule has 1 amide bonds. The molecular formula is C19H20F3N3O. The maximum atomic E-state index is 12.6. The van der Waals surface area contributed by atoms with Crippen LogP contribution in [0.2, 0.25) is 0 Å². The summed E-state index contributed by atoms with van der Waals surface area (Å²) < 4.78 is 37.8. The van der Waals surface area contributed by atoms with Crippen LogP contribution in [0, 0.1) is 12.8 Å². The monoisotopic (exact) mass is 363 g/mol. The molecule has 0 radical (unpaired) electrons. The van der Waals surface area contributed by atoms with Crippen LogP contribution in [0.5, 0.6) is 0 Å². The number of hydrogen-bond donors (Lipinski definition) is 1. The number of halogens is 3. The van der Waals surface area contributed by atoms with Gasteiger partial charge in [0.05, 0.1) is 5.56 Å². The summed E-state index contributed by atoms with van der Waals surface area (Å²) in [7, 11) is 0. The average molecular weight is 363 g/mol. The minimum Gasteiger partial charge on any atom is -0.357 e. The predicted octanol–water partition coefficient (Wildman–Crippen LogP) is 4.26. The number of benzene rings is 1. The molecule has 138 valence electrons. The van der Waals surface area contributed by atoms with Crippen LogP contribution in [0.25, 0.3) is 0 Å². The third-order valence-corrected chi connectivity index (χ3v) is 4.58. The molecule has 4 nitrogen and oxygen atoms in total. The Morgan fingerprint density at radius 2 is 1.77 bits per heavy atom. The zero-order chi connectivity index (χ0) is 18.7. The van der Waals surface area contributed by atoms with Crippen molar-refractivity contribution >= 4 is 17.4 Å². The second kappa shape index (κ2) is 7.35. The molecule has 0 aliphatic carbocycles. The number of aryl methyl sites for hydroxylation is 1. The first-order valence-electron chi connectivity index (χ1n) is 8.48. The fraction of sp³-hybridized carbons (Fsp3) is 0.368. The van der Waals surface area contributed by atoms with Crippen LogP contribution in [0.1, 0.15) is 24.0 Å². The third-order valence-electron chi connectivity index (χ3n) is 4.58. The van der Waals surface area contributed by atoms with E-state index in [9.17, 15) is 18.0 Å². The van der Waals surface area contributed by atoms with Crippen LogP contribution >= 0.6 is 0 Å². The van der Waals surface area contributed by atoms with Gasteiger partial charge in [0, 0.05) is 30.9 Å². The van der Waals surface area contributed by atoms with Crippen molar-refractivity contribution < 1.29 is 18.0 Å². The van der Waals surface area contributed by atoms with Crippen LogP contribution in [0.15, 0.2) is 42.6 Å². The first-order valence-corrected chi connectivity index (χ1v) is 8.48.